The van der Waals surface area contributed by atoms with E-state index in [2.05, 4.69) is 17.0 Å². The molecule has 1 unspecified atom stereocenters. The number of halogens is 1. The van der Waals surface area contributed by atoms with E-state index in [1.54, 1.807) is 24.3 Å². The van der Waals surface area contributed by atoms with Gasteiger partial charge in [0, 0.05) is 13.1 Å². The van der Waals surface area contributed by atoms with E-state index in [0.29, 0.717) is 6.61 Å². The highest BCUT2D eigenvalue weighted by molar-refractivity contribution is 7.86. The van der Waals surface area contributed by atoms with Gasteiger partial charge in [-0.2, -0.15) is 8.42 Å². The number of hydrogen-bond acceptors (Lipinski definition) is 5. The Morgan fingerprint density at radius 1 is 1.12 bits per heavy atom. The minimum Gasteiger partial charge on any atom is -0.348 e. The number of ether oxygens (including phenoxy) is 1. The van der Waals surface area contributed by atoms with Crippen molar-refractivity contribution in [3.8, 4) is 0 Å². The standard InChI is InChI=1S/C19H23NO4S.ClH/c1-15-8-10-18(11-9-15)25(21,22)24-19-16(2)20(12-13-23-19)14-17-6-4-3-5-7-17;/h3-11,16,19H,12-14H2,1-2H3;1H/t16?,19-;/m1./s1. The summed E-state index contributed by atoms with van der Waals surface area (Å²) in [6, 6.07) is 16.5. The van der Waals surface area contributed by atoms with E-state index in [-0.39, 0.29) is 23.3 Å². The molecular weight excluding hydrogens is 374 g/mol. The number of morpholine rings is 1. The highest BCUT2D eigenvalue weighted by Crippen LogP contribution is 2.22. The van der Waals surface area contributed by atoms with Gasteiger partial charge in [0.15, 0.2) is 6.29 Å². The molecule has 0 aliphatic carbocycles. The molecule has 0 radical (unpaired) electrons. The van der Waals surface area contributed by atoms with Crippen LogP contribution in [0.1, 0.15) is 18.1 Å². The summed E-state index contributed by atoms with van der Waals surface area (Å²) >= 11 is 0. The molecule has 7 heteroatoms. The molecule has 1 saturated heterocycles. The second-order valence-electron chi connectivity index (χ2n) is 6.30. The fourth-order valence-corrected chi connectivity index (χ4v) is 3.88. The molecule has 2 aromatic carbocycles. The third kappa shape index (κ3) is 5.05. The Kier molecular flexibility index (Phi) is 7.20. The van der Waals surface area contributed by atoms with E-state index in [4.69, 9.17) is 8.92 Å². The molecule has 2 atom stereocenters. The summed E-state index contributed by atoms with van der Waals surface area (Å²) in [6.45, 7) is 5.74. The summed E-state index contributed by atoms with van der Waals surface area (Å²) in [5.41, 5.74) is 2.17. The van der Waals surface area contributed by atoms with E-state index >= 15 is 0 Å². The maximum atomic E-state index is 12.5. The molecule has 0 spiro atoms. The zero-order chi connectivity index (χ0) is 17.9. The van der Waals surface area contributed by atoms with Gasteiger partial charge in [0.2, 0.25) is 0 Å². The van der Waals surface area contributed by atoms with Gasteiger partial charge in [-0.15, -0.1) is 12.4 Å². The topological polar surface area (TPSA) is 55.8 Å². The highest BCUT2D eigenvalue weighted by atomic mass is 35.5. The molecule has 26 heavy (non-hydrogen) atoms. The summed E-state index contributed by atoms with van der Waals surface area (Å²) < 4.78 is 36.0. The lowest BCUT2D eigenvalue weighted by Gasteiger charge is -2.38. The van der Waals surface area contributed by atoms with Gasteiger partial charge >= 0.3 is 0 Å². The Labute approximate surface area is 161 Å². The number of rotatable bonds is 5. The van der Waals surface area contributed by atoms with E-state index < -0.39 is 16.4 Å². The van der Waals surface area contributed by atoms with Crippen LogP contribution in [-0.4, -0.2) is 38.8 Å². The molecule has 142 valence electrons. The van der Waals surface area contributed by atoms with E-state index in [1.807, 2.05) is 32.0 Å². The number of nitrogens with zero attached hydrogens (tertiary/aromatic N) is 1. The van der Waals surface area contributed by atoms with Gasteiger partial charge in [-0.3, -0.25) is 4.90 Å². The van der Waals surface area contributed by atoms with Crippen LogP contribution in [-0.2, 0) is 25.6 Å². The van der Waals surface area contributed by atoms with Crippen molar-refractivity contribution in [2.75, 3.05) is 13.2 Å². The molecule has 0 aromatic heterocycles. The Bertz CT molecular complexity index is 796. The van der Waals surface area contributed by atoms with Crippen LogP contribution in [0.25, 0.3) is 0 Å². The van der Waals surface area contributed by atoms with Crippen LogP contribution >= 0.6 is 12.4 Å². The van der Waals surface area contributed by atoms with Crippen LogP contribution in [0, 0.1) is 6.92 Å². The SMILES string of the molecule is Cc1ccc(S(=O)(=O)O[C@H]2OCCN(Cc3ccccc3)C2C)cc1.Cl. The average molecular weight is 398 g/mol. The lowest BCUT2D eigenvalue weighted by atomic mass is 10.1. The fraction of sp³-hybridized carbons (Fsp3) is 0.368. The fourth-order valence-electron chi connectivity index (χ4n) is 2.84. The van der Waals surface area contributed by atoms with Gasteiger partial charge in [0.05, 0.1) is 17.5 Å². The van der Waals surface area contributed by atoms with Crippen molar-refractivity contribution >= 4 is 22.5 Å². The predicted octanol–water partition coefficient (Wildman–Crippen LogP) is 3.37. The molecule has 0 saturated carbocycles. The molecular formula is C19H24ClNO4S. The van der Waals surface area contributed by atoms with Crippen molar-refractivity contribution in [2.45, 2.75) is 37.6 Å². The van der Waals surface area contributed by atoms with Crippen molar-refractivity contribution in [3.63, 3.8) is 0 Å². The summed E-state index contributed by atoms with van der Waals surface area (Å²) in [5.74, 6) is 0. The van der Waals surface area contributed by atoms with Crippen LogP contribution in [0.4, 0.5) is 0 Å². The first-order chi connectivity index (χ1) is 12.0. The maximum Gasteiger partial charge on any atom is 0.299 e. The van der Waals surface area contributed by atoms with Crippen LogP contribution in [0.5, 0.6) is 0 Å². The molecule has 3 rings (SSSR count). The molecule has 1 aliphatic rings. The van der Waals surface area contributed by atoms with Gasteiger partial charge in [-0.25, -0.2) is 4.18 Å². The molecule has 5 nitrogen and oxygen atoms in total. The van der Waals surface area contributed by atoms with Crippen LogP contribution in [0.3, 0.4) is 0 Å². The first kappa shape index (κ1) is 20.9. The van der Waals surface area contributed by atoms with E-state index in [1.165, 1.54) is 5.56 Å². The Balaban J connectivity index is 0.00000243. The molecule has 1 heterocycles. The Hall–Kier alpha value is -1.44. The van der Waals surface area contributed by atoms with E-state index in [0.717, 1.165) is 18.7 Å². The Morgan fingerprint density at radius 2 is 1.77 bits per heavy atom. The van der Waals surface area contributed by atoms with Crippen molar-refractivity contribution in [1.82, 2.24) is 4.90 Å². The normalized spacial score (nSPS) is 21.2. The van der Waals surface area contributed by atoms with Crippen molar-refractivity contribution < 1.29 is 17.3 Å². The number of benzene rings is 2. The van der Waals surface area contributed by atoms with Gasteiger partial charge in [0.1, 0.15) is 0 Å². The van der Waals surface area contributed by atoms with Crippen molar-refractivity contribution in [3.05, 3.63) is 65.7 Å². The Morgan fingerprint density at radius 3 is 2.42 bits per heavy atom. The number of aryl methyl sites for hydroxylation is 1. The quantitative estimate of drug-likeness (QED) is 0.724. The zero-order valence-electron chi connectivity index (χ0n) is 14.9. The summed E-state index contributed by atoms with van der Waals surface area (Å²) in [5, 5.41) is 0. The molecule has 0 bridgehead atoms. The second-order valence-corrected chi connectivity index (χ2v) is 7.87. The lowest BCUT2D eigenvalue weighted by molar-refractivity contribution is -0.159. The monoisotopic (exact) mass is 397 g/mol. The first-order valence-corrected chi connectivity index (χ1v) is 9.76. The molecule has 2 aromatic rings. The second kappa shape index (κ2) is 8.97. The maximum absolute atomic E-state index is 12.5. The zero-order valence-corrected chi connectivity index (χ0v) is 16.5. The van der Waals surface area contributed by atoms with Gasteiger partial charge in [0.25, 0.3) is 10.1 Å². The van der Waals surface area contributed by atoms with Crippen LogP contribution < -0.4 is 0 Å². The average Bonchev–Trinajstić information content (AvgIpc) is 2.60. The molecule has 0 N–H and O–H groups in total. The van der Waals surface area contributed by atoms with Gasteiger partial charge < -0.3 is 4.74 Å². The third-order valence-electron chi connectivity index (χ3n) is 4.39. The summed E-state index contributed by atoms with van der Waals surface area (Å²) in [4.78, 5) is 2.32. The van der Waals surface area contributed by atoms with Gasteiger partial charge in [-0.05, 0) is 31.5 Å². The predicted molar refractivity (Wildman–Crippen MR) is 103 cm³/mol. The van der Waals surface area contributed by atoms with Crippen molar-refractivity contribution in [2.24, 2.45) is 0 Å². The van der Waals surface area contributed by atoms with Crippen LogP contribution in [0.2, 0.25) is 0 Å². The molecule has 0 amide bonds. The first-order valence-electron chi connectivity index (χ1n) is 8.35. The number of hydrogen-bond donors (Lipinski definition) is 0. The van der Waals surface area contributed by atoms with Crippen molar-refractivity contribution in [1.29, 1.82) is 0 Å². The molecule has 1 fully saturated rings. The third-order valence-corrected chi connectivity index (χ3v) is 5.68. The molecule has 1 aliphatic heterocycles. The minimum atomic E-state index is -3.86. The van der Waals surface area contributed by atoms with Gasteiger partial charge in [-0.1, -0.05) is 48.0 Å². The van der Waals surface area contributed by atoms with Crippen LogP contribution in [0.15, 0.2) is 59.5 Å². The summed E-state index contributed by atoms with van der Waals surface area (Å²) in [7, 11) is -3.86. The lowest BCUT2D eigenvalue weighted by Crippen LogP contribution is -2.50. The smallest absolute Gasteiger partial charge is 0.299 e. The largest absolute Gasteiger partial charge is 0.348 e. The minimum absolute atomic E-state index is 0. The van der Waals surface area contributed by atoms with E-state index in [9.17, 15) is 8.42 Å². The highest BCUT2D eigenvalue weighted by Gasteiger charge is 2.33. The summed E-state index contributed by atoms with van der Waals surface area (Å²) in [6.07, 6.45) is -0.816.